The van der Waals surface area contributed by atoms with Crippen molar-refractivity contribution in [3.63, 3.8) is 0 Å². The van der Waals surface area contributed by atoms with Gasteiger partial charge in [0.1, 0.15) is 11.4 Å². The fourth-order valence-electron chi connectivity index (χ4n) is 1.59. The van der Waals surface area contributed by atoms with Crippen LogP contribution in [0, 0.1) is 10.1 Å². The molecular formula is C12H17N3O4. The summed E-state index contributed by atoms with van der Waals surface area (Å²) in [7, 11) is 0. The highest BCUT2D eigenvalue weighted by molar-refractivity contribution is 5.99. The molecule has 4 N–H and O–H groups in total. The Balaban J connectivity index is 3.06. The largest absolute Gasteiger partial charge is 0.508 e. The molecule has 0 aliphatic rings. The van der Waals surface area contributed by atoms with Crippen molar-refractivity contribution < 1.29 is 14.8 Å². The number of nitro benzene ring substituents is 1. The molecular weight excluding hydrogens is 250 g/mol. The van der Waals surface area contributed by atoms with Crippen molar-refractivity contribution in [2.45, 2.75) is 32.2 Å². The summed E-state index contributed by atoms with van der Waals surface area (Å²) in [5.74, 6) is -0.721. The number of carbonyl (C=O) groups is 1. The minimum atomic E-state index is -1.06. The zero-order chi connectivity index (χ0) is 14.6. The van der Waals surface area contributed by atoms with Crippen LogP contribution in [-0.4, -0.2) is 21.5 Å². The third-order valence-electron chi connectivity index (χ3n) is 3.14. The molecule has 0 aliphatic carbocycles. The molecule has 1 amide bonds. The van der Waals surface area contributed by atoms with E-state index < -0.39 is 16.4 Å². The number of hydrogen-bond donors (Lipinski definition) is 3. The first-order valence-electron chi connectivity index (χ1n) is 5.91. The monoisotopic (exact) mass is 267 g/mol. The Kier molecular flexibility index (Phi) is 4.44. The summed E-state index contributed by atoms with van der Waals surface area (Å²) >= 11 is 0. The maximum atomic E-state index is 12.0. The summed E-state index contributed by atoms with van der Waals surface area (Å²) < 4.78 is 0. The van der Waals surface area contributed by atoms with Crippen LogP contribution in [0.3, 0.4) is 0 Å². The number of aromatic hydroxyl groups is 1. The average molecular weight is 267 g/mol. The normalized spacial score (nSPS) is 11.1. The van der Waals surface area contributed by atoms with Gasteiger partial charge < -0.3 is 16.2 Å². The minimum absolute atomic E-state index is 0.0181. The van der Waals surface area contributed by atoms with E-state index in [4.69, 9.17) is 5.73 Å². The van der Waals surface area contributed by atoms with Gasteiger partial charge in [0.15, 0.2) is 0 Å². The van der Waals surface area contributed by atoms with Crippen LogP contribution < -0.4 is 11.1 Å². The number of benzene rings is 1. The summed E-state index contributed by atoms with van der Waals surface area (Å²) in [6, 6.07) is 3.52. The van der Waals surface area contributed by atoms with Gasteiger partial charge in [-0.2, -0.15) is 0 Å². The van der Waals surface area contributed by atoms with Gasteiger partial charge in [-0.05, 0) is 25.0 Å². The van der Waals surface area contributed by atoms with Gasteiger partial charge >= 0.3 is 0 Å². The van der Waals surface area contributed by atoms with Crippen molar-refractivity contribution in [3.8, 4) is 5.75 Å². The van der Waals surface area contributed by atoms with Crippen LogP contribution in [0.1, 0.15) is 26.7 Å². The van der Waals surface area contributed by atoms with Gasteiger partial charge in [0, 0.05) is 0 Å². The predicted octanol–water partition coefficient (Wildman–Crippen LogP) is 1.76. The van der Waals surface area contributed by atoms with E-state index in [1.165, 1.54) is 12.1 Å². The number of anilines is 1. The quantitative estimate of drug-likeness (QED) is 0.426. The summed E-state index contributed by atoms with van der Waals surface area (Å²) in [5, 5.41) is 22.5. The number of nitro groups is 1. The van der Waals surface area contributed by atoms with Crippen molar-refractivity contribution >= 4 is 17.3 Å². The smallest absolute Gasteiger partial charge is 0.296 e. The Labute approximate surface area is 110 Å². The summed E-state index contributed by atoms with van der Waals surface area (Å²) in [4.78, 5) is 22.2. The van der Waals surface area contributed by atoms with Crippen LogP contribution in [0.5, 0.6) is 5.75 Å². The Bertz CT molecular complexity index is 498. The molecule has 7 heteroatoms. The maximum absolute atomic E-state index is 12.0. The Morgan fingerprint density at radius 3 is 2.53 bits per heavy atom. The van der Waals surface area contributed by atoms with Crippen molar-refractivity contribution in [1.29, 1.82) is 0 Å². The van der Waals surface area contributed by atoms with E-state index in [1.54, 1.807) is 13.8 Å². The second-order valence-corrected chi connectivity index (χ2v) is 4.28. The number of nitrogens with zero attached hydrogens (tertiary/aromatic N) is 1. The van der Waals surface area contributed by atoms with Crippen molar-refractivity contribution in [2.24, 2.45) is 5.73 Å². The first-order chi connectivity index (χ1) is 8.84. The molecule has 0 aliphatic heterocycles. The van der Waals surface area contributed by atoms with Gasteiger partial charge in [-0.3, -0.25) is 14.9 Å². The molecule has 104 valence electrons. The molecule has 0 spiro atoms. The van der Waals surface area contributed by atoms with Gasteiger partial charge in [0.2, 0.25) is 5.91 Å². The summed E-state index contributed by atoms with van der Waals surface area (Å²) in [5.41, 5.74) is 4.49. The first-order valence-corrected chi connectivity index (χ1v) is 5.91. The summed E-state index contributed by atoms with van der Waals surface area (Å²) in [6.45, 7) is 3.54. The molecule has 0 radical (unpaired) electrons. The zero-order valence-electron chi connectivity index (χ0n) is 10.8. The van der Waals surface area contributed by atoms with Crippen LogP contribution in [0.25, 0.3) is 0 Å². The standard InChI is InChI=1S/C12H17N3O4/c1-3-12(13,4-2)11(17)14-9-6-5-8(16)7-10(9)15(18)19/h5-7,16H,3-4,13H2,1-2H3,(H,14,17). The highest BCUT2D eigenvalue weighted by Crippen LogP contribution is 2.29. The molecule has 0 saturated heterocycles. The number of carbonyl (C=O) groups excluding carboxylic acids is 1. The predicted molar refractivity (Wildman–Crippen MR) is 70.9 cm³/mol. The van der Waals surface area contributed by atoms with Gasteiger partial charge in [-0.15, -0.1) is 0 Å². The Morgan fingerprint density at radius 1 is 1.47 bits per heavy atom. The van der Waals surface area contributed by atoms with Crippen molar-refractivity contribution in [3.05, 3.63) is 28.3 Å². The first kappa shape index (κ1) is 14.9. The fraction of sp³-hybridized carbons (Fsp3) is 0.417. The molecule has 1 rings (SSSR count). The van der Waals surface area contributed by atoms with Gasteiger partial charge in [0.05, 0.1) is 16.5 Å². The Hall–Kier alpha value is -2.15. The third kappa shape index (κ3) is 3.19. The van der Waals surface area contributed by atoms with Gasteiger partial charge in [-0.1, -0.05) is 13.8 Å². The highest BCUT2D eigenvalue weighted by atomic mass is 16.6. The van der Waals surface area contributed by atoms with E-state index in [1.807, 2.05) is 0 Å². The van der Waals surface area contributed by atoms with Gasteiger partial charge in [0.25, 0.3) is 5.69 Å². The molecule has 0 saturated carbocycles. The van der Waals surface area contributed by atoms with Crippen LogP contribution in [0.4, 0.5) is 11.4 Å². The number of nitrogens with one attached hydrogen (secondary N) is 1. The molecule has 0 atom stereocenters. The fourth-order valence-corrected chi connectivity index (χ4v) is 1.59. The second-order valence-electron chi connectivity index (χ2n) is 4.28. The minimum Gasteiger partial charge on any atom is -0.508 e. The number of phenolic OH excluding ortho intramolecular Hbond substituents is 1. The average Bonchev–Trinajstić information content (AvgIpc) is 2.39. The lowest BCUT2D eigenvalue weighted by molar-refractivity contribution is -0.384. The number of amides is 1. The lowest BCUT2D eigenvalue weighted by Crippen LogP contribution is -2.50. The van der Waals surface area contributed by atoms with E-state index in [9.17, 15) is 20.0 Å². The van der Waals surface area contributed by atoms with E-state index >= 15 is 0 Å². The molecule has 0 unspecified atom stereocenters. The van der Waals surface area contributed by atoms with E-state index in [0.717, 1.165) is 6.07 Å². The topological polar surface area (TPSA) is 118 Å². The SMILES string of the molecule is CCC(N)(CC)C(=O)Nc1ccc(O)cc1[N+](=O)[O-]. The van der Waals surface area contributed by atoms with Crippen molar-refractivity contribution in [1.82, 2.24) is 0 Å². The molecule has 0 bridgehead atoms. The molecule has 19 heavy (non-hydrogen) atoms. The molecule has 7 nitrogen and oxygen atoms in total. The van der Waals surface area contributed by atoms with Crippen molar-refractivity contribution in [2.75, 3.05) is 5.32 Å². The lowest BCUT2D eigenvalue weighted by atomic mass is 9.93. The number of rotatable bonds is 5. The highest BCUT2D eigenvalue weighted by Gasteiger charge is 2.31. The van der Waals surface area contributed by atoms with Crippen LogP contribution in [-0.2, 0) is 4.79 Å². The van der Waals surface area contributed by atoms with E-state index in [-0.39, 0.29) is 17.1 Å². The van der Waals surface area contributed by atoms with Crippen LogP contribution >= 0.6 is 0 Å². The molecule has 1 aromatic carbocycles. The maximum Gasteiger partial charge on any atom is 0.296 e. The van der Waals surface area contributed by atoms with Crippen LogP contribution in [0.2, 0.25) is 0 Å². The number of nitrogens with two attached hydrogens (primary N) is 1. The number of hydrogen-bond acceptors (Lipinski definition) is 5. The molecule has 0 aromatic heterocycles. The lowest BCUT2D eigenvalue weighted by Gasteiger charge is -2.25. The summed E-state index contributed by atoms with van der Waals surface area (Å²) in [6.07, 6.45) is 0.836. The molecule has 0 fully saturated rings. The molecule has 0 heterocycles. The number of phenols is 1. The molecule has 1 aromatic rings. The Morgan fingerprint density at radius 2 is 2.05 bits per heavy atom. The zero-order valence-corrected chi connectivity index (χ0v) is 10.8. The second kappa shape index (κ2) is 5.66. The third-order valence-corrected chi connectivity index (χ3v) is 3.14. The van der Waals surface area contributed by atoms with E-state index in [0.29, 0.717) is 12.8 Å². The van der Waals surface area contributed by atoms with Crippen LogP contribution in [0.15, 0.2) is 18.2 Å². The van der Waals surface area contributed by atoms with Gasteiger partial charge in [-0.25, -0.2) is 0 Å². The van der Waals surface area contributed by atoms with E-state index in [2.05, 4.69) is 5.32 Å².